The molecule has 0 saturated carbocycles. The van der Waals surface area contributed by atoms with Gasteiger partial charge in [-0.05, 0) is 30.3 Å². The Labute approximate surface area is 108 Å². The van der Waals surface area contributed by atoms with Crippen molar-refractivity contribution in [2.75, 3.05) is 12.4 Å². The number of anilines is 1. The van der Waals surface area contributed by atoms with Crippen LogP contribution in [0.25, 0.3) is 0 Å². The number of hydrogen-bond donors (Lipinski definition) is 2. The number of nitrogens with one attached hydrogen (secondary N) is 2. The van der Waals surface area contributed by atoms with Crippen LogP contribution in [0.5, 0.6) is 5.75 Å². The Morgan fingerprint density at radius 3 is 2.74 bits per heavy atom. The van der Waals surface area contributed by atoms with E-state index in [2.05, 4.69) is 25.9 Å². The van der Waals surface area contributed by atoms with E-state index in [1.165, 1.54) is 20.1 Å². The number of ether oxygens (including phenoxy) is 1. The van der Waals surface area contributed by atoms with Crippen molar-refractivity contribution in [3.63, 3.8) is 0 Å². The number of methoxy groups -OCH3 is 1. The van der Waals surface area contributed by atoms with Crippen LogP contribution in [0.2, 0.25) is 0 Å². The smallest absolute Gasteiger partial charge is 0.270 e. The summed E-state index contributed by atoms with van der Waals surface area (Å²) in [5.41, 5.74) is 0.638. The molecule has 0 unspecified atom stereocenters. The molecule has 1 aromatic carbocycles. The molecule has 98 valence electrons. The number of rotatable bonds is 4. The molecule has 0 spiro atoms. The highest BCUT2D eigenvalue weighted by atomic mass is 16.5. The fraction of sp³-hybridized carbons (Fsp3) is 0.182. The van der Waals surface area contributed by atoms with E-state index >= 15 is 0 Å². The Morgan fingerprint density at radius 1 is 1.37 bits per heavy atom. The first-order valence-electron chi connectivity index (χ1n) is 5.35. The lowest BCUT2D eigenvalue weighted by atomic mass is 10.1. The van der Waals surface area contributed by atoms with Crippen LogP contribution in [0.3, 0.4) is 0 Å². The summed E-state index contributed by atoms with van der Waals surface area (Å²) in [7, 11) is 1.44. The molecule has 8 heteroatoms. The van der Waals surface area contributed by atoms with Crippen LogP contribution >= 0.6 is 0 Å². The molecule has 1 heterocycles. The highest BCUT2D eigenvalue weighted by Crippen LogP contribution is 2.21. The zero-order valence-electron chi connectivity index (χ0n) is 10.3. The van der Waals surface area contributed by atoms with Gasteiger partial charge < -0.3 is 4.74 Å². The molecule has 19 heavy (non-hydrogen) atoms. The van der Waals surface area contributed by atoms with Gasteiger partial charge in [-0.1, -0.05) is 5.10 Å². The molecule has 0 aliphatic rings. The first-order chi connectivity index (χ1) is 9.11. The number of carbonyl (C=O) groups excluding carboxylic acids is 2. The standard InChI is InChI=1S/C11H11N5O3/c1-6(17)7-3-4-9(19-2)8(5-7)10(18)12-11-13-15-16-14-11/h3-5H,1-2H3,(H2,12,13,14,15,16,18). The number of carbonyl (C=O) groups is 2. The van der Waals surface area contributed by atoms with E-state index in [9.17, 15) is 9.59 Å². The van der Waals surface area contributed by atoms with E-state index < -0.39 is 5.91 Å². The van der Waals surface area contributed by atoms with E-state index in [-0.39, 0.29) is 17.3 Å². The number of nitrogens with zero attached hydrogens (tertiary/aromatic N) is 3. The Morgan fingerprint density at radius 2 is 2.16 bits per heavy atom. The zero-order chi connectivity index (χ0) is 13.8. The molecule has 2 rings (SSSR count). The van der Waals surface area contributed by atoms with Crippen molar-refractivity contribution in [3.05, 3.63) is 29.3 Å². The molecule has 0 bridgehead atoms. The van der Waals surface area contributed by atoms with Gasteiger partial charge in [0.1, 0.15) is 5.75 Å². The third kappa shape index (κ3) is 2.73. The Kier molecular flexibility index (Phi) is 3.51. The minimum absolute atomic E-state index is 0.0419. The van der Waals surface area contributed by atoms with Gasteiger partial charge in [0.2, 0.25) is 0 Å². The summed E-state index contributed by atoms with van der Waals surface area (Å²) < 4.78 is 5.08. The van der Waals surface area contributed by atoms with Crippen LogP contribution in [0.1, 0.15) is 27.6 Å². The fourth-order valence-corrected chi connectivity index (χ4v) is 1.49. The normalized spacial score (nSPS) is 10.0. The molecule has 0 atom stereocenters. The first-order valence-corrected chi connectivity index (χ1v) is 5.35. The first kappa shape index (κ1) is 12.7. The predicted octanol–water partition coefficient (Wildman–Crippen LogP) is 0.663. The monoisotopic (exact) mass is 261 g/mol. The highest BCUT2D eigenvalue weighted by Gasteiger charge is 2.16. The Hall–Kier alpha value is -2.77. The minimum atomic E-state index is -0.485. The third-order valence-electron chi connectivity index (χ3n) is 2.42. The van der Waals surface area contributed by atoms with Gasteiger partial charge in [-0.2, -0.15) is 5.21 Å². The van der Waals surface area contributed by atoms with Crippen molar-refractivity contribution >= 4 is 17.6 Å². The lowest BCUT2D eigenvalue weighted by Gasteiger charge is -2.08. The highest BCUT2D eigenvalue weighted by molar-refractivity contribution is 6.07. The van der Waals surface area contributed by atoms with Crippen molar-refractivity contribution in [1.29, 1.82) is 0 Å². The van der Waals surface area contributed by atoms with Crippen molar-refractivity contribution in [1.82, 2.24) is 20.6 Å². The second-order valence-corrected chi connectivity index (χ2v) is 3.66. The average molecular weight is 261 g/mol. The molecule has 0 fully saturated rings. The van der Waals surface area contributed by atoms with Crippen LogP contribution in [0.4, 0.5) is 5.95 Å². The molecule has 8 nitrogen and oxygen atoms in total. The molecule has 1 aromatic heterocycles. The van der Waals surface area contributed by atoms with E-state index in [0.29, 0.717) is 11.3 Å². The summed E-state index contributed by atoms with van der Waals surface area (Å²) in [6.45, 7) is 1.42. The topological polar surface area (TPSA) is 110 Å². The number of aromatic nitrogens is 4. The summed E-state index contributed by atoms with van der Waals surface area (Å²) >= 11 is 0. The van der Waals surface area contributed by atoms with Crippen molar-refractivity contribution in [2.45, 2.75) is 6.92 Å². The molecule has 0 radical (unpaired) electrons. The van der Waals surface area contributed by atoms with Gasteiger partial charge in [0.15, 0.2) is 5.78 Å². The van der Waals surface area contributed by atoms with Crippen molar-refractivity contribution in [2.24, 2.45) is 0 Å². The summed E-state index contributed by atoms with van der Waals surface area (Å²) in [5.74, 6) is -0.233. The second-order valence-electron chi connectivity index (χ2n) is 3.66. The molecular weight excluding hydrogens is 250 g/mol. The third-order valence-corrected chi connectivity index (χ3v) is 2.42. The minimum Gasteiger partial charge on any atom is -0.496 e. The van der Waals surface area contributed by atoms with Gasteiger partial charge in [0, 0.05) is 5.56 Å². The Bertz CT molecular complexity index is 609. The van der Waals surface area contributed by atoms with Gasteiger partial charge in [0.25, 0.3) is 11.9 Å². The van der Waals surface area contributed by atoms with Crippen LogP contribution in [0.15, 0.2) is 18.2 Å². The zero-order valence-corrected chi connectivity index (χ0v) is 10.3. The lowest BCUT2D eigenvalue weighted by Crippen LogP contribution is -2.15. The van der Waals surface area contributed by atoms with E-state index in [1.807, 2.05) is 0 Å². The summed E-state index contributed by atoms with van der Waals surface area (Å²) in [6.07, 6.45) is 0. The van der Waals surface area contributed by atoms with Gasteiger partial charge in [-0.15, -0.1) is 5.10 Å². The number of hydrogen-bond acceptors (Lipinski definition) is 6. The van der Waals surface area contributed by atoms with E-state index in [4.69, 9.17) is 4.74 Å². The lowest BCUT2D eigenvalue weighted by molar-refractivity contribution is 0.101. The van der Waals surface area contributed by atoms with Crippen LogP contribution in [-0.2, 0) is 0 Å². The maximum absolute atomic E-state index is 12.0. The van der Waals surface area contributed by atoms with Gasteiger partial charge >= 0.3 is 0 Å². The molecule has 0 aliphatic heterocycles. The largest absolute Gasteiger partial charge is 0.496 e. The summed E-state index contributed by atoms with van der Waals surface area (Å²) in [4.78, 5) is 23.4. The molecule has 2 N–H and O–H groups in total. The van der Waals surface area contributed by atoms with Crippen molar-refractivity contribution in [3.8, 4) is 5.75 Å². The molecule has 2 aromatic rings. The molecule has 1 amide bonds. The second kappa shape index (κ2) is 5.25. The SMILES string of the molecule is COc1ccc(C(C)=O)cc1C(=O)Nc1nn[nH]n1. The number of aromatic amines is 1. The maximum Gasteiger partial charge on any atom is 0.270 e. The van der Waals surface area contributed by atoms with Gasteiger partial charge in [0.05, 0.1) is 12.7 Å². The van der Waals surface area contributed by atoms with Crippen molar-refractivity contribution < 1.29 is 14.3 Å². The predicted molar refractivity (Wildman–Crippen MR) is 65.1 cm³/mol. The van der Waals surface area contributed by atoms with Crippen LogP contribution < -0.4 is 10.1 Å². The molecule has 0 saturated heterocycles. The fourth-order valence-electron chi connectivity index (χ4n) is 1.49. The number of tetrazole rings is 1. The number of benzene rings is 1. The number of H-pyrrole nitrogens is 1. The average Bonchev–Trinajstić information content (AvgIpc) is 2.90. The number of Topliss-reactive ketones (excluding diaryl/α,β-unsaturated/α-hetero) is 1. The number of ketones is 1. The summed E-state index contributed by atoms with van der Waals surface area (Å²) in [5, 5.41) is 15.2. The van der Waals surface area contributed by atoms with Crippen LogP contribution in [-0.4, -0.2) is 39.4 Å². The van der Waals surface area contributed by atoms with E-state index in [0.717, 1.165) is 0 Å². The van der Waals surface area contributed by atoms with Gasteiger partial charge in [-0.25, -0.2) is 0 Å². The van der Waals surface area contributed by atoms with Crippen LogP contribution in [0, 0.1) is 0 Å². The van der Waals surface area contributed by atoms with E-state index in [1.54, 1.807) is 12.1 Å². The molecular formula is C11H11N5O3. The quantitative estimate of drug-likeness (QED) is 0.782. The Balaban J connectivity index is 2.33. The maximum atomic E-state index is 12.0. The molecule has 0 aliphatic carbocycles. The summed E-state index contributed by atoms with van der Waals surface area (Å²) in [6, 6.07) is 4.60. The number of amides is 1. The van der Waals surface area contributed by atoms with Gasteiger partial charge in [-0.3, -0.25) is 14.9 Å².